The fourth-order valence-electron chi connectivity index (χ4n) is 2.08. The molecule has 3 N–H and O–H groups in total. The van der Waals surface area contributed by atoms with Gasteiger partial charge in [0.2, 0.25) is 5.91 Å². The summed E-state index contributed by atoms with van der Waals surface area (Å²) in [5.41, 5.74) is 7.27. The maximum absolute atomic E-state index is 12.0. The number of fused-ring (bicyclic) bond motifs is 1. The zero-order valence-corrected chi connectivity index (χ0v) is 11.5. The number of nitrogens with two attached hydrogens (primary N) is 1. The molecule has 0 spiro atoms. The van der Waals surface area contributed by atoms with Gasteiger partial charge in [-0.3, -0.25) is 4.79 Å². The third-order valence-electron chi connectivity index (χ3n) is 2.96. The molecule has 104 valence electrons. The van der Waals surface area contributed by atoms with Gasteiger partial charge in [0.15, 0.2) is 5.13 Å². The lowest BCUT2D eigenvalue weighted by atomic mass is 10.2. The minimum atomic E-state index is -0.0929. The van der Waals surface area contributed by atoms with Crippen LogP contribution in [0, 0.1) is 0 Å². The van der Waals surface area contributed by atoms with Crippen LogP contribution in [0.4, 0.5) is 16.5 Å². The Hall–Kier alpha value is -2.28. The van der Waals surface area contributed by atoms with Crippen molar-refractivity contribution in [3.8, 4) is 5.75 Å². The molecule has 1 aliphatic heterocycles. The number of thiazole rings is 1. The van der Waals surface area contributed by atoms with Gasteiger partial charge in [0.05, 0.1) is 18.8 Å². The molecule has 1 aromatic heterocycles. The van der Waals surface area contributed by atoms with Crippen molar-refractivity contribution in [2.45, 2.75) is 0 Å². The number of benzene rings is 1. The third kappa shape index (κ3) is 2.67. The summed E-state index contributed by atoms with van der Waals surface area (Å²) in [4.78, 5) is 18.0. The predicted molar refractivity (Wildman–Crippen MR) is 79.3 cm³/mol. The Bertz CT molecular complexity index is 615. The molecule has 1 amide bonds. The van der Waals surface area contributed by atoms with Crippen molar-refractivity contribution < 1.29 is 9.53 Å². The van der Waals surface area contributed by atoms with Gasteiger partial charge in [0.1, 0.15) is 12.4 Å². The van der Waals surface area contributed by atoms with Crippen LogP contribution >= 0.6 is 11.3 Å². The van der Waals surface area contributed by atoms with Crippen molar-refractivity contribution >= 4 is 33.8 Å². The van der Waals surface area contributed by atoms with Crippen molar-refractivity contribution in [3.05, 3.63) is 29.8 Å². The van der Waals surface area contributed by atoms with Crippen molar-refractivity contribution in [2.24, 2.45) is 0 Å². The predicted octanol–water partition coefficient (Wildman–Crippen LogP) is 1.56. The Labute approximate surface area is 120 Å². The van der Waals surface area contributed by atoms with Crippen LogP contribution in [0.3, 0.4) is 0 Å². The topological polar surface area (TPSA) is 80.5 Å². The molecule has 1 aromatic carbocycles. The molecule has 0 saturated carbocycles. The SMILES string of the molecule is Nc1ccc2c(c1)OCCN2CC(=O)Nc1nccs1. The van der Waals surface area contributed by atoms with Crippen LogP contribution in [0.1, 0.15) is 0 Å². The Balaban J connectivity index is 1.71. The second-order valence-corrected chi connectivity index (χ2v) is 5.28. The first-order valence-corrected chi connectivity index (χ1v) is 7.07. The number of nitrogen functional groups attached to an aromatic ring is 1. The zero-order chi connectivity index (χ0) is 13.9. The number of carbonyl (C=O) groups excluding carboxylic acids is 1. The van der Waals surface area contributed by atoms with E-state index < -0.39 is 0 Å². The zero-order valence-electron chi connectivity index (χ0n) is 10.7. The first-order chi connectivity index (χ1) is 9.72. The third-order valence-corrected chi connectivity index (χ3v) is 3.64. The maximum Gasteiger partial charge on any atom is 0.245 e. The fourth-order valence-corrected chi connectivity index (χ4v) is 2.62. The number of hydrogen-bond donors (Lipinski definition) is 2. The fraction of sp³-hybridized carbons (Fsp3) is 0.231. The summed E-state index contributed by atoms with van der Waals surface area (Å²) in [7, 11) is 0. The molecule has 20 heavy (non-hydrogen) atoms. The highest BCUT2D eigenvalue weighted by molar-refractivity contribution is 7.13. The number of rotatable bonds is 3. The number of nitrogens with zero attached hydrogens (tertiary/aromatic N) is 2. The van der Waals surface area contributed by atoms with Gasteiger partial charge in [-0.15, -0.1) is 11.3 Å². The number of anilines is 3. The molecule has 0 fully saturated rings. The molecular weight excluding hydrogens is 276 g/mol. The maximum atomic E-state index is 12.0. The second kappa shape index (κ2) is 5.38. The first kappa shape index (κ1) is 12.7. The van der Waals surface area contributed by atoms with Gasteiger partial charge in [-0.25, -0.2) is 4.98 Å². The molecule has 7 heteroatoms. The minimum Gasteiger partial charge on any atom is -0.489 e. The van der Waals surface area contributed by atoms with Gasteiger partial charge < -0.3 is 20.7 Å². The van der Waals surface area contributed by atoms with Crippen LogP contribution in [-0.2, 0) is 4.79 Å². The molecule has 0 radical (unpaired) electrons. The van der Waals surface area contributed by atoms with Crippen LogP contribution in [0.25, 0.3) is 0 Å². The summed E-state index contributed by atoms with van der Waals surface area (Å²) in [6.45, 7) is 1.48. The molecule has 0 saturated heterocycles. The van der Waals surface area contributed by atoms with Crippen molar-refractivity contribution in [1.82, 2.24) is 4.98 Å². The van der Waals surface area contributed by atoms with Gasteiger partial charge >= 0.3 is 0 Å². The minimum absolute atomic E-state index is 0.0929. The van der Waals surface area contributed by atoms with Crippen LogP contribution in [-0.4, -0.2) is 30.6 Å². The highest BCUT2D eigenvalue weighted by Gasteiger charge is 2.20. The van der Waals surface area contributed by atoms with E-state index in [9.17, 15) is 4.79 Å². The number of carbonyl (C=O) groups is 1. The van der Waals surface area contributed by atoms with Gasteiger partial charge in [-0.05, 0) is 12.1 Å². The van der Waals surface area contributed by atoms with Crippen LogP contribution < -0.4 is 20.7 Å². The molecule has 0 bridgehead atoms. The smallest absolute Gasteiger partial charge is 0.245 e. The Kier molecular flexibility index (Phi) is 3.42. The monoisotopic (exact) mass is 290 g/mol. The lowest BCUT2D eigenvalue weighted by molar-refractivity contribution is -0.115. The molecule has 2 aromatic rings. The van der Waals surface area contributed by atoms with Crippen LogP contribution in [0.2, 0.25) is 0 Å². The van der Waals surface area contributed by atoms with E-state index in [1.165, 1.54) is 11.3 Å². The Morgan fingerprint density at radius 1 is 1.55 bits per heavy atom. The average Bonchev–Trinajstić information content (AvgIpc) is 2.91. The number of nitrogens with one attached hydrogen (secondary N) is 1. The molecule has 6 nitrogen and oxygen atoms in total. The summed E-state index contributed by atoms with van der Waals surface area (Å²) < 4.78 is 5.56. The van der Waals surface area contributed by atoms with Gasteiger partial charge in [0.25, 0.3) is 0 Å². The van der Waals surface area contributed by atoms with E-state index in [0.717, 1.165) is 11.4 Å². The lowest BCUT2D eigenvalue weighted by Gasteiger charge is -2.30. The van der Waals surface area contributed by atoms with Crippen LogP contribution in [0.5, 0.6) is 5.75 Å². The summed E-state index contributed by atoms with van der Waals surface area (Å²) in [5, 5.41) is 5.21. The molecule has 3 rings (SSSR count). The van der Waals surface area contributed by atoms with E-state index in [1.807, 2.05) is 16.3 Å². The lowest BCUT2D eigenvalue weighted by Crippen LogP contribution is -2.38. The number of hydrogen-bond acceptors (Lipinski definition) is 6. The summed E-state index contributed by atoms with van der Waals surface area (Å²) in [5.74, 6) is 0.628. The van der Waals surface area contributed by atoms with Crippen molar-refractivity contribution in [3.63, 3.8) is 0 Å². The summed E-state index contributed by atoms with van der Waals surface area (Å²) in [6.07, 6.45) is 1.66. The van der Waals surface area contributed by atoms with Gasteiger partial charge in [0, 0.05) is 23.3 Å². The number of ether oxygens (including phenoxy) is 1. The average molecular weight is 290 g/mol. The highest BCUT2D eigenvalue weighted by Crippen LogP contribution is 2.33. The molecule has 1 aliphatic rings. The Morgan fingerprint density at radius 2 is 2.45 bits per heavy atom. The molecule has 0 atom stereocenters. The molecule has 0 aliphatic carbocycles. The summed E-state index contributed by atoms with van der Waals surface area (Å²) in [6, 6.07) is 5.46. The molecule has 2 heterocycles. The van der Waals surface area contributed by atoms with Gasteiger partial charge in [-0.2, -0.15) is 0 Å². The quantitative estimate of drug-likeness (QED) is 0.839. The molecular formula is C13H14N4O2S. The Morgan fingerprint density at radius 3 is 3.25 bits per heavy atom. The van der Waals surface area contributed by atoms with Crippen LogP contribution in [0.15, 0.2) is 29.8 Å². The normalized spacial score (nSPS) is 13.5. The van der Waals surface area contributed by atoms with E-state index in [2.05, 4.69) is 10.3 Å². The highest BCUT2D eigenvalue weighted by atomic mass is 32.1. The number of amides is 1. The van der Waals surface area contributed by atoms with E-state index in [0.29, 0.717) is 24.0 Å². The molecule has 0 unspecified atom stereocenters. The van der Waals surface area contributed by atoms with E-state index in [-0.39, 0.29) is 12.5 Å². The van der Waals surface area contributed by atoms with E-state index >= 15 is 0 Å². The van der Waals surface area contributed by atoms with E-state index in [1.54, 1.807) is 18.3 Å². The van der Waals surface area contributed by atoms with Crippen molar-refractivity contribution in [2.75, 3.05) is 35.6 Å². The standard InChI is InChI=1S/C13H14N4O2S/c14-9-1-2-10-11(7-9)19-5-4-17(10)8-12(18)16-13-15-3-6-20-13/h1-3,6-7H,4-5,8,14H2,(H,15,16,18). The first-order valence-electron chi connectivity index (χ1n) is 6.19. The van der Waals surface area contributed by atoms with Crippen molar-refractivity contribution in [1.29, 1.82) is 0 Å². The van der Waals surface area contributed by atoms with E-state index in [4.69, 9.17) is 10.5 Å². The summed E-state index contributed by atoms with van der Waals surface area (Å²) >= 11 is 1.40. The number of aromatic nitrogens is 1. The van der Waals surface area contributed by atoms with Gasteiger partial charge in [-0.1, -0.05) is 0 Å². The largest absolute Gasteiger partial charge is 0.489 e. The second-order valence-electron chi connectivity index (χ2n) is 4.38.